The van der Waals surface area contributed by atoms with Gasteiger partial charge in [-0.05, 0) is 135 Å². The van der Waals surface area contributed by atoms with E-state index in [-0.39, 0.29) is 18.2 Å². The number of hydrogen-bond acceptors (Lipinski definition) is 3. The Morgan fingerprint density at radius 2 is 0.708 bits per heavy atom. The molecule has 4 aromatic carbocycles. The maximum Gasteiger partial charge on any atom is 0.134 e. The second-order valence-corrected chi connectivity index (χ2v) is 30.9. The van der Waals surface area contributed by atoms with Gasteiger partial charge in [-0.2, -0.15) is 0 Å². The molecule has 2 heterocycles. The van der Waals surface area contributed by atoms with Crippen LogP contribution in [0.5, 0.6) is 0 Å². The van der Waals surface area contributed by atoms with E-state index < -0.39 is 7.92 Å². The molecule has 65 heavy (non-hydrogen) atoms. The fourth-order valence-corrected chi connectivity index (χ4v) is 20.2. The average Bonchev–Trinajstić information content (AvgIpc) is 3.19. The number of benzene rings is 4. The Morgan fingerprint density at radius 3 is 0.985 bits per heavy atom. The lowest BCUT2D eigenvalue weighted by atomic mass is 9.82. The lowest BCUT2D eigenvalue weighted by Crippen LogP contribution is -2.43. The van der Waals surface area contributed by atoms with Gasteiger partial charge >= 0.3 is 0 Å². The topological polar surface area (TPSA) is 69.1 Å². The van der Waals surface area contributed by atoms with Gasteiger partial charge in [-0.3, -0.25) is 16.5 Å². The van der Waals surface area contributed by atoms with Gasteiger partial charge in [-0.15, -0.1) is 0 Å². The van der Waals surface area contributed by atoms with E-state index in [4.69, 9.17) is 0 Å². The number of ketones is 1. The summed E-state index contributed by atoms with van der Waals surface area (Å²) in [6.45, 7) is 47.5. The zero-order chi connectivity index (χ0) is 49.1. The SMILES string of the molecule is CC(C)c1cc(C(C)C)c(-c2ccccc2P2C(C)(C)CC(=O)CC2(C)C)c(C(C)C)c1.CC(C)c1cc(C(C)C)c(-c2ccccc2P2C(C)(C)CCCC2(C)C)c(C(C)C)c1.NN. The summed E-state index contributed by atoms with van der Waals surface area (Å²) < 4.78 is 0. The van der Waals surface area contributed by atoms with Gasteiger partial charge in [0.15, 0.2) is 0 Å². The molecule has 2 aliphatic heterocycles. The molecule has 2 fully saturated rings. The van der Waals surface area contributed by atoms with Crippen LogP contribution in [0.25, 0.3) is 22.3 Å². The number of hydrazine groups is 1. The highest BCUT2D eigenvalue weighted by molar-refractivity contribution is 7.69. The summed E-state index contributed by atoms with van der Waals surface area (Å²) in [5.41, 5.74) is 14.8. The van der Waals surface area contributed by atoms with Crippen molar-refractivity contribution in [3.8, 4) is 22.3 Å². The van der Waals surface area contributed by atoms with E-state index in [1.54, 1.807) is 5.30 Å². The first-order valence-electron chi connectivity index (χ1n) is 25.1. The second kappa shape index (κ2) is 21.7. The van der Waals surface area contributed by atoms with E-state index >= 15 is 0 Å². The number of carbonyl (C=O) groups is 1. The van der Waals surface area contributed by atoms with Crippen molar-refractivity contribution in [3.05, 3.63) is 106 Å². The molecule has 0 radical (unpaired) electrons. The minimum absolute atomic E-state index is 0.00185. The highest BCUT2D eigenvalue weighted by Crippen LogP contribution is 2.67. The van der Waals surface area contributed by atoms with Crippen molar-refractivity contribution in [1.82, 2.24) is 0 Å². The van der Waals surface area contributed by atoms with Crippen LogP contribution in [0.3, 0.4) is 0 Å². The Morgan fingerprint density at radius 1 is 0.431 bits per heavy atom. The summed E-state index contributed by atoms with van der Waals surface area (Å²) >= 11 is 0. The van der Waals surface area contributed by atoms with Crippen molar-refractivity contribution >= 4 is 32.2 Å². The molecule has 4 N–H and O–H groups in total. The summed E-state index contributed by atoms with van der Waals surface area (Å²) in [6.07, 6.45) is 5.43. The van der Waals surface area contributed by atoms with Crippen molar-refractivity contribution in [3.63, 3.8) is 0 Å². The van der Waals surface area contributed by atoms with Gasteiger partial charge in [0.2, 0.25) is 0 Å². The van der Waals surface area contributed by atoms with E-state index in [0.717, 1.165) is 0 Å². The third-order valence-electron chi connectivity index (χ3n) is 14.4. The third-order valence-corrected chi connectivity index (χ3v) is 21.7. The quantitative estimate of drug-likeness (QED) is 0.0946. The molecule has 0 saturated carbocycles. The first-order chi connectivity index (χ1) is 30.1. The van der Waals surface area contributed by atoms with Gasteiger partial charge in [0.05, 0.1) is 0 Å². The molecule has 5 heteroatoms. The van der Waals surface area contributed by atoms with Gasteiger partial charge in [-0.1, -0.05) is 234 Å². The Balaban J connectivity index is 0.000000274. The van der Waals surface area contributed by atoms with Gasteiger partial charge in [0.25, 0.3) is 0 Å². The lowest BCUT2D eigenvalue weighted by molar-refractivity contribution is -0.120. The van der Waals surface area contributed by atoms with Crippen molar-refractivity contribution in [2.24, 2.45) is 11.7 Å². The van der Waals surface area contributed by atoms with Crippen LogP contribution in [0.15, 0.2) is 72.8 Å². The first-order valence-corrected chi connectivity index (χ1v) is 27.8. The zero-order valence-electron chi connectivity index (χ0n) is 44.9. The van der Waals surface area contributed by atoms with Crippen molar-refractivity contribution in [2.45, 2.75) is 227 Å². The molecule has 2 saturated heterocycles. The number of rotatable bonds is 10. The van der Waals surface area contributed by atoms with Crippen LogP contribution < -0.4 is 22.3 Å². The minimum Gasteiger partial charge on any atom is -0.300 e. The maximum atomic E-state index is 12.6. The molecule has 3 nitrogen and oxygen atoms in total. The number of nitrogens with two attached hydrogens (primary N) is 2. The molecule has 0 aromatic heterocycles. The zero-order valence-corrected chi connectivity index (χ0v) is 46.7. The van der Waals surface area contributed by atoms with E-state index in [0.29, 0.717) is 64.4 Å². The molecular weight excluding hydrogens is 827 g/mol. The van der Waals surface area contributed by atoms with Crippen LogP contribution in [-0.2, 0) is 4.79 Å². The maximum absolute atomic E-state index is 12.6. The highest BCUT2D eigenvalue weighted by atomic mass is 31.1. The fraction of sp³-hybridized carbons (Fsp3) is 0.583. The predicted octanol–water partition coefficient (Wildman–Crippen LogP) is 17.1. The standard InChI is InChI=1S/C30H43OP.C30H45P.H4N2/c1-19(2)22-15-25(20(3)4)28(26(16-22)21(5)6)24-13-11-12-14-27(24)32-29(7,8)17-23(31)18-30(32,9)10;1-20(2)23-18-25(21(3)4)28(26(19-23)22(5)6)24-14-11-12-15-27(24)31-29(7,8)16-13-17-30(31,9)10;1-2/h11-16,19-21H,17-18H2,1-10H3;11-12,14-15,18-22H,13,16-17H2,1-10H3;1-2H2. The van der Waals surface area contributed by atoms with Crippen LogP contribution in [0.1, 0.15) is 239 Å². The highest BCUT2D eigenvalue weighted by Gasteiger charge is 2.49. The molecule has 4 aromatic rings. The Labute approximate surface area is 402 Å². The summed E-state index contributed by atoms with van der Waals surface area (Å²) in [4.78, 5) is 12.6. The van der Waals surface area contributed by atoms with Gasteiger partial charge in [0, 0.05) is 12.8 Å². The molecule has 2 aliphatic rings. The van der Waals surface area contributed by atoms with Crippen LogP contribution in [0, 0.1) is 0 Å². The van der Waals surface area contributed by atoms with Gasteiger partial charge < -0.3 is 0 Å². The van der Waals surface area contributed by atoms with Gasteiger partial charge in [-0.25, -0.2) is 0 Å². The largest absolute Gasteiger partial charge is 0.300 e. The summed E-state index contributed by atoms with van der Waals surface area (Å²) in [5, 5.41) is 3.86. The number of carbonyl (C=O) groups excluding carboxylic acids is 1. The van der Waals surface area contributed by atoms with Crippen molar-refractivity contribution < 1.29 is 4.79 Å². The molecule has 0 amide bonds. The first kappa shape index (κ1) is 54.9. The van der Waals surface area contributed by atoms with Crippen molar-refractivity contribution in [2.75, 3.05) is 0 Å². The Bertz CT molecular complexity index is 2140. The molecule has 0 bridgehead atoms. The van der Waals surface area contributed by atoms with Crippen molar-refractivity contribution in [1.29, 1.82) is 0 Å². The van der Waals surface area contributed by atoms with Gasteiger partial charge in [0.1, 0.15) is 5.78 Å². The molecule has 0 atom stereocenters. The molecule has 0 spiro atoms. The van der Waals surface area contributed by atoms with Crippen LogP contribution >= 0.6 is 15.8 Å². The van der Waals surface area contributed by atoms with E-state index in [1.165, 1.54) is 80.2 Å². The Hall–Kier alpha value is -2.67. The van der Waals surface area contributed by atoms with E-state index in [2.05, 4.69) is 223 Å². The second-order valence-electron chi connectivity index (χ2n) is 23.8. The molecule has 0 unspecified atom stereocenters. The summed E-state index contributed by atoms with van der Waals surface area (Å²) in [6, 6.07) is 28.5. The monoisotopic (exact) mass is 919 g/mol. The van der Waals surface area contributed by atoms with Crippen LogP contribution in [-0.4, -0.2) is 26.4 Å². The fourth-order valence-electron chi connectivity index (χ4n) is 11.6. The predicted molar refractivity (Wildman–Crippen MR) is 294 cm³/mol. The minimum atomic E-state index is -0.529. The molecule has 358 valence electrons. The summed E-state index contributed by atoms with van der Waals surface area (Å²) in [7, 11) is -0.810. The van der Waals surface area contributed by atoms with E-state index in [1.807, 2.05) is 0 Å². The molecular formula is C60H92N2OP2. The molecule has 6 rings (SSSR count). The summed E-state index contributed by atoms with van der Waals surface area (Å²) in [5.74, 6) is 11.4. The number of Topliss-reactive ketones (excluding diaryl/α,β-unsaturated/α-hetero) is 1. The normalized spacial score (nSPS) is 18.3. The third kappa shape index (κ3) is 12.1. The molecule has 0 aliphatic carbocycles. The Kier molecular flexibility index (Phi) is 18.4. The smallest absolute Gasteiger partial charge is 0.134 e. The van der Waals surface area contributed by atoms with Crippen LogP contribution in [0.4, 0.5) is 0 Å². The average molecular weight is 919 g/mol. The van der Waals surface area contributed by atoms with E-state index in [9.17, 15) is 4.79 Å². The lowest BCUT2D eigenvalue weighted by Gasteiger charge is -2.50. The van der Waals surface area contributed by atoms with Crippen LogP contribution in [0.2, 0.25) is 0 Å². The number of hydrogen-bond donors (Lipinski definition) is 2.